The number of nitrogens with zero attached hydrogens (tertiary/aromatic N) is 1. The third-order valence-electron chi connectivity index (χ3n) is 3.91. The summed E-state index contributed by atoms with van der Waals surface area (Å²) in [6.45, 7) is 4.45. The molecule has 3 nitrogen and oxygen atoms in total. The minimum absolute atomic E-state index is 0.225. The van der Waals surface area contributed by atoms with Crippen molar-refractivity contribution in [2.24, 2.45) is 0 Å². The van der Waals surface area contributed by atoms with Gasteiger partial charge in [-0.15, -0.1) is 6.58 Å². The molecule has 22 heavy (non-hydrogen) atoms. The Morgan fingerprint density at radius 1 is 1.41 bits per heavy atom. The van der Waals surface area contributed by atoms with Gasteiger partial charge in [0.15, 0.2) is 5.11 Å². The second kappa shape index (κ2) is 8.30. The number of nitrogens with one attached hydrogen (secondary N) is 1. The van der Waals surface area contributed by atoms with E-state index in [-0.39, 0.29) is 5.91 Å². The van der Waals surface area contributed by atoms with Crippen LogP contribution in [0.3, 0.4) is 0 Å². The van der Waals surface area contributed by atoms with Crippen LogP contribution in [0.4, 0.5) is 0 Å². The number of thiocarbonyl (C=S) groups is 1. The summed E-state index contributed by atoms with van der Waals surface area (Å²) in [7, 11) is 0. The summed E-state index contributed by atoms with van der Waals surface area (Å²) in [4.78, 5) is 14.4. The van der Waals surface area contributed by atoms with Gasteiger partial charge in [-0.25, -0.2) is 0 Å². The van der Waals surface area contributed by atoms with E-state index >= 15 is 0 Å². The van der Waals surface area contributed by atoms with E-state index in [1.807, 2.05) is 6.08 Å². The first-order valence-corrected chi connectivity index (χ1v) is 8.39. The third kappa shape index (κ3) is 4.55. The van der Waals surface area contributed by atoms with Gasteiger partial charge in [-0.2, -0.15) is 0 Å². The number of carbonyl (C=O) groups is 1. The van der Waals surface area contributed by atoms with Crippen LogP contribution in [0.15, 0.2) is 36.9 Å². The molecular formula is C17H21ClN2OS. The lowest BCUT2D eigenvalue weighted by atomic mass is 9.94. The van der Waals surface area contributed by atoms with Crippen molar-refractivity contribution in [2.45, 2.75) is 38.1 Å². The van der Waals surface area contributed by atoms with Gasteiger partial charge in [-0.05, 0) is 43.3 Å². The molecule has 1 amide bonds. The molecule has 1 aromatic carbocycles. The molecule has 1 aromatic rings. The minimum Gasteiger partial charge on any atom is -0.342 e. The van der Waals surface area contributed by atoms with Gasteiger partial charge in [0.2, 0.25) is 0 Å². The first kappa shape index (κ1) is 17.0. The Morgan fingerprint density at radius 3 is 2.77 bits per heavy atom. The summed E-state index contributed by atoms with van der Waals surface area (Å²) in [6.07, 6.45) is 7.75. The van der Waals surface area contributed by atoms with Crippen LogP contribution in [0.25, 0.3) is 0 Å². The summed E-state index contributed by atoms with van der Waals surface area (Å²) in [5.74, 6) is -0.225. The lowest BCUT2D eigenvalue weighted by Gasteiger charge is -2.35. The first-order valence-electron chi connectivity index (χ1n) is 7.60. The van der Waals surface area contributed by atoms with Gasteiger partial charge in [0, 0.05) is 23.2 Å². The molecule has 2 rings (SSSR count). The van der Waals surface area contributed by atoms with Crippen molar-refractivity contribution < 1.29 is 4.79 Å². The molecule has 0 radical (unpaired) electrons. The van der Waals surface area contributed by atoms with Crippen molar-refractivity contribution in [1.82, 2.24) is 10.2 Å². The van der Waals surface area contributed by atoms with Crippen molar-refractivity contribution in [3.8, 4) is 0 Å². The highest BCUT2D eigenvalue weighted by atomic mass is 35.5. The summed E-state index contributed by atoms with van der Waals surface area (Å²) in [5, 5.41) is 3.82. The molecule has 0 aromatic heterocycles. The van der Waals surface area contributed by atoms with Crippen molar-refractivity contribution in [3.63, 3.8) is 0 Å². The molecule has 1 saturated carbocycles. The number of benzene rings is 1. The van der Waals surface area contributed by atoms with E-state index in [9.17, 15) is 4.79 Å². The lowest BCUT2D eigenvalue weighted by molar-refractivity contribution is 0.0971. The van der Waals surface area contributed by atoms with Crippen LogP contribution >= 0.6 is 23.8 Å². The number of carbonyl (C=O) groups excluding carboxylic acids is 1. The van der Waals surface area contributed by atoms with Gasteiger partial charge < -0.3 is 4.90 Å². The monoisotopic (exact) mass is 336 g/mol. The summed E-state index contributed by atoms with van der Waals surface area (Å²) in [5.41, 5.74) is 0.511. The molecule has 0 unspecified atom stereocenters. The van der Waals surface area contributed by atoms with E-state index in [1.165, 1.54) is 19.3 Å². The zero-order chi connectivity index (χ0) is 15.9. The minimum atomic E-state index is -0.225. The van der Waals surface area contributed by atoms with Gasteiger partial charge in [-0.3, -0.25) is 10.1 Å². The predicted molar refractivity (Wildman–Crippen MR) is 95.3 cm³/mol. The summed E-state index contributed by atoms with van der Waals surface area (Å²) in [6, 6.07) is 7.24. The van der Waals surface area contributed by atoms with E-state index in [4.69, 9.17) is 23.8 Å². The number of rotatable bonds is 4. The number of hydrogen-bond donors (Lipinski definition) is 1. The van der Waals surface area contributed by atoms with Crippen LogP contribution in [0.1, 0.15) is 42.5 Å². The molecule has 0 aliphatic heterocycles. The van der Waals surface area contributed by atoms with Gasteiger partial charge in [0.1, 0.15) is 0 Å². The van der Waals surface area contributed by atoms with Crippen LogP contribution in [0.2, 0.25) is 5.02 Å². The van der Waals surface area contributed by atoms with Gasteiger partial charge in [0.25, 0.3) is 5.91 Å². The van der Waals surface area contributed by atoms with Crippen LogP contribution in [0.5, 0.6) is 0 Å². The van der Waals surface area contributed by atoms with Crippen LogP contribution < -0.4 is 5.32 Å². The number of amides is 1. The zero-order valence-electron chi connectivity index (χ0n) is 12.6. The molecule has 1 aliphatic rings. The number of halogens is 1. The molecular weight excluding hydrogens is 316 g/mol. The van der Waals surface area contributed by atoms with Crippen molar-refractivity contribution >= 4 is 34.8 Å². The average Bonchev–Trinajstić information content (AvgIpc) is 2.53. The predicted octanol–water partition coefficient (Wildman–Crippen LogP) is 4.18. The smallest absolute Gasteiger partial charge is 0.257 e. The number of hydrogen-bond acceptors (Lipinski definition) is 2. The lowest BCUT2D eigenvalue weighted by Crippen LogP contribution is -2.48. The Kier molecular flexibility index (Phi) is 6.40. The highest BCUT2D eigenvalue weighted by Gasteiger charge is 2.23. The van der Waals surface area contributed by atoms with E-state index in [0.29, 0.717) is 28.3 Å². The van der Waals surface area contributed by atoms with Crippen molar-refractivity contribution in [2.75, 3.05) is 6.54 Å². The molecule has 0 heterocycles. The average molecular weight is 337 g/mol. The van der Waals surface area contributed by atoms with E-state index in [1.54, 1.807) is 24.3 Å². The SMILES string of the molecule is C=CCN(C(=S)NC(=O)c1cccc(Cl)c1)C1CCCCC1. The Labute approximate surface area is 142 Å². The fourth-order valence-electron chi connectivity index (χ4n) is 2.80. The zero-order valence-corrected chi connectivity index (χ0v) is 14.1. The van der Waals surface area contributed by atoms with E-state index < -0.39 is 0 Å². The maximum absolute atomic E-state index is 12.3. The highest BCUT2D eigenvalue weighted by Crippen LogP contribution is 2.22. The van der Waals surface area contributed by atoms with Crippen LogP contribution in [-0.4, -0.2) is 28.5 Å². The Balaban J connectivity index is 2.03. The maximum atomic E-state index is 12.3. The van der Waals surface area contributed by atoms with Crippen LogP contribution in [0, 0.1) is 0 Å². The molecule has 0 spiro atoms. The van der Waals surface area contributed by atoms with Crippen LogP contribution in [-0.2, 0) is 0 Å². The molecule has 1 fully saturated rings. The van der Waals surface area contributed by atoms with Gasteiger partial charge in [0.05, 0.1) is 0 Å². The second-order valence-electron chi connectivity index (χ2n) is 5.50. The van der Waals surface area contributed by atoms with Crippen molar-refractivity contribution in [1.29, 1.82) is 0 Å². The third-order valence-corrected chi connectivity index (χ3v) is 4.48. The summed E-state index contributed by atoms with van der Waals surface area (Å²) >= 11 is 11.4. The topological polar surface area (TPSA) is 32.3 Å². The molecule has 0 saturated heterocycles. The summed E-state index contributed by atoms with van der Waals surface area (Å²) < 4.78 is 0. The van der Waals surface area contributed by atoms with Gasteiger partial charge >= 0.3 is 0 Å². The van der Waals surface area contributed by atoms with E-state index in [0.717, 1.165) is 12.8 Å². The maximum Gasteiger partial charge on any atom is 0.257 e. The fraction of sp³-hybridized carbons (Fsp3) is 0.412. The first-order chi connectivity index (χ1) is 10.6. The molecule has 1 aliphatic carbocycles. The standard InChI is InChI=1S/C17H21ClN2OS/c1-2-11-20(15-9-4-3-5-10-15)17(22)19-16(21)13-7-6-8-14(18)12-13/h2,6-8,12,15H,1,3-5,9-11H2,(H,19,21,22). The largest absolute Gasteiger partial charge is 0.342 e. The Hall–Kier alpha value is -1.39. The molecule has 0 atom stereocenters. The second-order valence-corrected chi connectivity index (χ2v) is 6.33. The quantitative estimate of drug-likeness (QED) is 0.661. The molecule has 1 N–H and O–H groups in total. The highest BCUT2D eigenvalue weighted by molar-refractivity contribution is 7.80. The molecule has 0 bridgehead atoms. The Morgan fingerprint density at radius 2 is 2.14 bits per heavy atom. The fourth-order valence-corrected chi connectivity index (χ4v) is 3.31. The molecule has 5 heteroatoms. The van der Waals surface area contributed by atoms with Crippen molar-refractivity contribution in [3.05, 3.63) is 47.5 Å². The Bertz CT molecular complexity index is 555. The van der Waals surface area contributed by atoms with Gasteiger partial charge in [-0.1, -0.05) is 43.0 Å². The molecule has 118 valence electrons. The van der Waals surface area contributed by atoms with E-state index in [2.05, 4.69) is 16.8 Å². The normalized spacial score (nSPS) is 15.1.